The van der Waals surface area contributed by atoms with Crippen LogP contribution in [0, 0.1) is 13.8 Å². The van der Waals surface area contributed by atoms with Crippen LogP contribution in [0.5, 0.6) is 0 Å². The van der Waals surface area contributed by atoms with Crippen LogP contribution in [0.4, 0.5) is 13.2 Å². The fourth-order valence-corrected chi connectivity index (χ4v) is 3.15. The Balaban J connectivity index is 2.02. The van der Waals surface area contributed by atoms with Crippen molar-refractivity contribution in [2.45, 2.75) is 58.4 Å². The molecule has 1 N–H and O–H groups in total. The van der Waals surface area contributed by atoms with E-state index in [0.29, 0.717) is 13.0 Å². The minimum Gasteiger partial charge on any atom is -0.329 e. The lowest BCUT2D eigenvalue weighted by Gasteiger charge is -2.40. The van der Waals surface area contributed by atoms with E-state index < -0.39 is 18.1 Å². The highest BCUT2D eigenvalue weighted by Crippen LogP contribution is 2.32. The summed E-state index contributed by atoms with van der Waals surface area (Å²) in [4.78, 5) is 12.5. The number of likely N-dealkylation sites (tertiary alicyclic amines) is 1. The Labute approximate surface area is 133 Å². The van der Waals surface area contributed by atoms with Crippen molar-refractivity contribution in [2.75, 3.05) is 6.54 Å². The molecule has 8 heteroatoms. The molecule has 0 bridgehead atoms. The van der Waals surface area contributed by atoms with Gasteiger partial charge in [-0.25, -0.2) is 0 Å². The first-order valence-corrected chi connectivity index (χ1v) is 7.67. The van der Waals surface area contributed by atoms with Crippen molar-refractivity contribution in [3.8, 4) is 0 Å². The van der Waals surface area contributed by atoms with Gasteiger partial charge in [0.1, 0.15) is 6.04 Å². The summed E-state index contributed by atoms with van der Waals surface area (Å²) in [6, 6.07) is -1.81. The third-order valence-corrected chi connectivity index (χ3v) is 4.59. The van der Waals surface area contributed by atoms with E-state index in [9.17, 15) is 18.0 Å². The van der Waals surface area contributed by atoms with Gasteiger partial charge in [0.15, 0.2) is 0 Å². The Bertz CT molecular complexity index is 582. The molecule has 5 nitrogen and oxygen atoms in total. The van der Waals surface area contributed by atoms with Crippen molar-refractivity contribution in [1.82, 2.24) is 20.0 Å². The van der Waals surface area contributed by atoms with Crippen molar-refractivity contribution >= 4 is 5.91 Å². The minimum atomic E-state index is -4.37. The van der Waals surface area contributed by atoms with Gasteiger partial charge < -0.3 is 10.2 Å². The van der Waals surface area contributed by atoms with E-state index >= 15 is 0 Å². The number of piperidine rings is 1. The summed E-state index contributed by atoms with van der Waals surface area (Å²) in [5.74, 6) is -0.535. The second-order valence-corrected chi connectivity index (χ2v) is 6.16. The lowest BCUT2D eigenvalue weighted by molar-refractivity contribution is -0.196. The van der Waals surface area contributed by atoms with Crippen LogP contribution in [-0.2, 0) is 18.4 Å². The molecule has 1 amide bonds. The molecule has 0 aromatic carbocycles. The van der Waals surface area contributed by atoms with Crippen molar-refractivity contribution in [2.24, 2.45) is 7.05 Å². The van der Waals surface area contributed by atoms with E-state index in [4.69, 9.17) is 0 Å². The van der Waals surface area contributed by atoms with Crippen LogP contribution in [0.25, 0.3) is 0 Å². The molecule has 23 heavy (non-hydrogen) atoms. The number of nitrogens with zero attached hydrogens (tertiary/aromatic N) is 3. The molecular weight excluding hydrogens is 309 g/mol. The minimum absolute atomic E-state index is 0.0637. The first-order chi connectivity index (χ1) is 10.6. The Hall–Kier alpha value is -1.57. The molecule has 2 rings (SSSR count). The number of aryl methyl sites for hydroxylation is 2. The summed E-state index contributed by atoms with van der Waals surface area (Å²) in [5, 5.41) is 7.60. The number of halogens is 3. The van der Waals surface area contributed by atoms with Crippen LogP contribution in [0.2, 0.25) is 0 Å². The average Bonchev–Trinajstić information content (AvgIpc) is 2.68. The summed E-state index contributed by atoms with van der Waals surface area (Å²) in [5.41, 5.74) is 2.99. The summed E-state index contributed by atoms with van der Waals surface area (Å²) < 4.78 is 40.8. The van der Waals surface area contributed by atoms with Crippen LogP contribution in [0.3, 0.4) is 0 Å². The molecule has 0 radical (unpaired) electrons. The maximum atomic E-state index is 13.0. The molecule has 1 aromatic heterocycles. The summed E-state index contributed by atoms with van der Waals surface area (Å²) in [6.45, 7) is 5.68. The molecule has 130 valence electrons. The van der Waals surface area contributed by atoms with Gasteiger partial charge in [-0.3, -0.25) is 9.48 Å². The number of hydrogen-bond acceptors (Lipinski definition) is 3. The van der Waals surface area contributed by atoms with Gasteiger partial charge in [-0.15, -0.1) is 0 Å². The number of alkyl halides is 3. The van der Waals surface area contributed by atoms with E-state index in [-0.39, 0.29) is 19.0 Å². The highest BCUT2D eigenvalue weighted by molar-refractivity contribution is 5.74. The number of carbonyl (C=O) groups is 1. The zero-order valence-electron chi connectivity index (χ0n) is 13.9. The van der Waals surface area contributed by atoms with E-state index in [0.717, 1.165) is 21.9 Å². The van der Waals surface area contributed by atoms with Gasteiger partial charge in [-0.2, -0.15) is 18.3 Å². The molecule has 2 atom stereocenters. The fraction of sp³-hybridized carbons (Fsp3) is 0.733. The summed E-state index contributed by atoms with van der Waals surface area (Å²) in [6.07, 6.45) is -4.04. The van der Waals surface area contributed by atoms with E-state index in [1.165, 1.54) is 6.92 Å². The topological polar surface area (TPSA) is 50.2 Å². The molecule has 1 aromatic rings. The molecule has 1 fully saturated rings. The third-order valence-electron chi connectivity index (χ3n) is 4.59. The number of carbonyl (C=O) groups excluding carboxylic acids is 1. The van der Waals surface area contributed by atoms with Gasteiger partial charge >= 0.3 is 6.18 Å². The van der Waals surface area contributed by atoms with Crippen molar-refractivity contribution in [1.29, 1.82) is 0 Å². The van der Waals surface area contributed by atoms with Gasteiger partial charge in [-0.05, 0) is 26.7 Å². The maximum Gasteiger partial charge on any atom is 0.408 e. The molecular formula is C15H23F3N4O. The Morgan fingerprint density at radius 3 is 2.48 bits per heavy atom. The number of rotatable bonds is 3. The maximum absolute atomic E-state index is 13.0. The Morgan fingerprint density at radius 2 is 2.00 bits per heavy atom. The fourth-order valence-electron chi connectivity index (χ4n) is 3.15. The number of aromatic nitrogens is 2. The Morgan fingerprint density at radius 1 is 1.35 bits per heavy atom. The average molecular weight is 332 g/mol. The Kier molecular flexibility index (Phi) is 5.03. The van der Waals surface area contributed by atoms with E-state index in [2.05, 4.69) is 10.4 Å². The zero-order valence-corrected chi connectivity index (χ0v) is 13.9. The van der Waals surface area contributed by atoms with Crippen molar-refractivity contribution < 1.29 is 18.0 Å². The lowest BCUT2D eigenvalue weighted by Crippen LogP contribution is -2.57. The molecule has 2 unspecified atom stereocenters. The van der Waals surface area contributed by atoms with Crippen LogP contribution < -0.4 is 5.32 Å². The molecule has 0 saturated carbocycles. The molecule has 1 saturated heterocycles. The quantitative estimate of drug-likeness (QED) is 0.922. The third kappa shape index (κ3) is 3.85. The second-order valence-electron chi connectivity index (χ2n) is 6.16. The SMILES string of the molecule is CC(=O)N1CC(NCc2c(C)nn(C)c2C)CCC1C(F)(F)F. The highest BCUT2D eigenvalue weighted by Gasteiger charge is 2.47. The van der Waals surface area contributed by atoms with Crippen LogP contribution in [-0.4, -0.2) is 45.4 Å². The van der Waals surface area contributed by atoms with Crippen LogP contribution >= 0.6 is 0 Å². The van der Waals surface area contributed by atoms with E-state index in [1.807, 2.05) is 20.9 Å². The van der Waals surface area contributed by atoms with E-state index in [1.54, 1.807) is 4.68 Å². The molecule has 1 aliphatic heterocycles. The molecule has 0 aliphatic carbocycles. The first-order valence-electron chi connectivity index (χ1n) is 7.67. The van der Waals surface area contributed by atoms with Gasteiger partial charge in [0.05, 0.1) is 5.69 Å². The summed E-state index contributed by atoms with van der Waals surface area (Å²) >= 11 is 0. The second kappa shape index (κ2) is 6.51. The number of nitrogens with one attached hydrogen (secondary N) is 1. The van der Waals surface area contributed by atoms with Gasteiger partial charge in [-0.1, -0.05) is 0 Å². The normalized spacial score (nSPS) is 22.5. The number of amides is 1. The monoisotopic (exact) mass is 332 g/mol. The van der Waals surface area contributed by atoms with Crippen molar-refractivity contribution in [3.05, 3.63) is 17.0 Å². The highest BCUT2D eigenvalue weighted by atomic mass is 19.4. The summed E-state index contributed by atoms with van der Waals surface area (Å²) in [7, 11) is 1.86. The van der Waals surface area contributed by atoms with Gasteiger partial charge in [0, 0.05) is 44.4 Å². The largest absolute Gasteiger partial charge is 0.408 e. The predicted molar refractivity (Wildman–Crippen MR) is 79.8 cm³/mol. The number of hydrogen-bond donors (Lipinski definition) is 1. The first kappa shape index (κ1) is 17.8. The lowest BCUT2D eigenvalue weighted by atomic mass is 9.97. The molecule has 2 heterocycles. The standard InChI is InChI=1S/C15H23F3N4O/c1-9-13(10(2)21(4)20-9)7-19-12-5-6-14(15(16,17)18)22(8-12)11(3)23/h12,14,19H,5-8H2,1-4H3. The zero-order chi connectivity index (χ0) is 17.4. The smallest absolute Gasteiger partial charge is 0.329 e. The van der Waals surface area contributed by atoms with Crippen LogP contribution in [0.15, 0.2) is 0 Å². The molecule has 0 spiro atoms. The van der Waals surface area contributed by atoms with Gasteiger partial charge in [0.2, 0.25) is 5.91 Å². The van der Waals surface area contributed by atoms with Crippen LogP contribution in [0.1, 0.15) is 36.7 Å². The van der Waals surface area contributed by atoms with Gasteiger partial charge in [0.25, 0.3) is 0 Å². The molecule has 1 aliphatic rings. The predicted octanol–water partition coefficient (Wildman–Crippen LogP) is 2.07. The van der Waals surface area contributed by atoms with Crippen molar-refractivity contribution in [3.63, 3.8) is 0 Å².